The van der Waals surface area contributed by atoms with Crippen molar-refractivity contribution in [2.75, 3.05) is 11.9 Å². The third-order valence-corrected chi connectivity index (χ3v) is 4.07. The minimum absolute atomic E-state index is 0.0818. The lowest BCUT2D eigenvalue weighted by Gasteiger charge is -2.05. The zero-order valence-corrected chi connectivity index (χ0v) is 12.6. The number of aryl methyl sites for hydroxylation is 1. The molecule has 0 aliphatic heterocycles. The number of nitrogens with zero attached hydrogens (tertiary/aromatic N) is 1. The van der Waals surface area contributed by atoms with Gasteiger partial charge in [0.25, 0.3) is 0 Å². The molecule has 0 spiro atoms. The van der Waals surface area contributed by atoms with Crippen LogP contribution in [-0.2, 0) is 4.79 Å². The summed E-state index contributed by atoms with van der Waals surface area (Å²) in [6.07, 6.45) is 4.72. The lowest BCUT2D eigenvalue weighted by Crippen LogP contribution is -2.11. The summed E-state index contributed by atoms with van der Waals surface area (Å²) >= 11 is 1.65. The first-order chi connectivity index (χ1) is 9.69. The SMILES string of the molecule is Cc1nc2ccc(NC(=O)CCCCCCN)cc2s1. The summed E-state index contributed by atoms with van der Waals surface area (Å²) < 4.78 is 1.11. The first-order valence-corrected chi connectivity index (χ1v) is 7.88. The number of nitrogens with two attached hydrogens (primary N) is 1. The maximum Gasteiger partial charge on any atom is 0.224 e. The van der Waals surface area contributed by atoms with Crippen LogP contribution in [0.2, 0.25) is 0 Å². The summed E-state index contributed by atoms with van der Waals surface area (Å²) in [6, 6.07) is 5.86. The molecule has 1 heterocycles. The van der Waals surface area contributed by atoms with Gasteiger partial charge in [0, 0.05) is 12.1 Å². The van der Waals surface area contributed by atoms with Crippen LogP contribution >= 0.6 is 11.3 Å². The molecule has 4 nitrogen and oxygen atoms in total. The maximum atomic E-state index is 11.8. The van der Waals surface area contributed by atoms with E-state index < -0.39 is 0 Å². The van der Waals surface area contributed by atoms with E-state index in [1.165, 1.54) is 0 Å². The van der Waals surface area contributed by atoms with Gasteiger partial charge in [-0.2, -0.15) is 0 Å². The van der Waals surface area contributed by atoms with Crippen molar-refractivity contribution < 1.29 is 4.79 Å². The van der Waals surface area contributed by atoms with Crippen molar-refractivity contribution >= 4 is 33.1 Å². The number of fused-ring (bicyclic) bond motifs is 1. The van der Waals surface area contributed by atoms with Crippen LogP contribution in [0.25, 0.3) is 10.2 Å². The van der Waals surface area contributed by atoms with Gasteiger partial charge in [0.1, 0.15) is 0 Å². The quantitative estimate of drug-likeness (QED) is 0.768. The van der Waals surface area contributed by atoms with Crippen LogP contribution in [0.4, 0.5) is 5.69 Å². The molecule has 1 aromatic carbocycles. The van der Waals surface area contributed by atoms with Gasteiger partial charge in [-0.15, -0.1) is 11.3 Å². The molecule has 0 aliphatic carbocycles. The second-order valence-corrected chi connectivity index (χ2v) is 6.15. The molecule has 5 heteroatoms. The van der Waals surface area contributed by atoms with Gasteiger partial charge in [0.2, 0.25) is 5.91 Å². The van der Waals surface area contributed by atoms with Crippen LogP contribution in [0, 0.1) is 6.92 Å². The van der Waals surface area contributed by atoms with Crippen LogP contribution in [0.3, 0.4) is 0 Å². The van der Waals surface area contributed by atoms with Gasteiger partial charge in [-0.3, -0.25) is 4.79 Å². The lowest BCUT2D eigenvalue weighted by atomic mass is 10.1. The Morgan fingerprint density at radius 1 is 1.30 bits per heavy atom. The highest BCUT2D eigenvalue weighted by atomic mass is 32.1. The molecule has 1 aromatic heterocycles. The summed E-state index contributed by atoms with van der Waals surface area (Å²) in [5.41, 5.74) is 7.28. The fourth-order valence-corrected chi connectivity index (χ4v) is 2.99. The molecule has 2 rings (SSSR count). The standard InChI is InChI=1S/C15H21N3OS/c1-11-17-13-8-7-12(10-14(13)20-11)18-15(19)6-4-2-3-5-9-16/h7-8,10H,2-6,9,16H2,1H3,(H,18,19). The Morgan fingerprint density at radius 2 is 2.10 bits per heavy atom. The molecule has 3 N–H and O–H groups in total. The molecule has 0 saturated heterocycles. The van der Waals surface area contributed by atoms with Crippen molar-refractivity contribution in [2.24, 2.45) is 5.73 Å². The Balaban J connectivity index is 1.83. The zero-order valence-electron chi connectivity index (χ0n) is 11.8. The van der Waals surface area contributed by atoms with Crippen molar-refractivity contribution in [2.45, 2.75) is 39.0 Å². The zero-order chi connectivity index (χ0) is 14.4. The Labute approximate surface area is 123 Å². The van der Waals surface area contributed by atoms with E-state index in [1.54, 1.807) is 11.3 Å². The summed E-state index contributed by atoms with van der Waals surface area (Å²) in [4.78, 5) is 16.2. The number of anilines is 1. The number of aromatic nitrogens is 1. The second-order valence-electron chi connectivity index (χ2n) is 4.92. The molecule has 108 valence electrons. The van der Waals surface area contributed by atoms with Crippen molar-refractivity contribution in [3.63, 3.8) is 0 Å². The maximum absolute atomic E-state index is 11.8. The van der Waals surface area contributed by atoms with E-state index >= 15 is 0 Å². The van der Waals surface area contributed by atoms with E-state index in [1.807, 2.05) is 25.1 Å². The first-order valence-electron chi connectivity index (χ1n) is 7.06. The number of hydrogen-bond acceptors (Lipinski definition) is 4. The topological polar surface area (TPSA) is 68.0 Å². The largest absolute Gasteiger partial charge is 0.330 e. The number of amides is 1. The first kappa shape index (κ1) is 14.9. The number of carbonyl (C=O) groups is 1. The second kappa shape index (κ2) is 7.36. The molecule has 0 saturated carbocycles. The van der Waals surface area contributed by atoms with Crippen LogP contribution < -0.4 is 11.1 Å². The predicted octanol–water partition coefficient (Wildman–Crippen LogP) is 3.45. The van der Waals surface area contributed by atoms with Crippen LogP contribution in [0.15, 0.2) is 18.2 Å². The number of unbranched alkanes of at least 4 members (excludes halogenated alkanes) is 3. The summed E-state index contributed by atoms with van der Waals surface area (Å²) in [5, 5.41) is 3.99. The van der Waals surface area contributed by atoms with Gasteiger partial charge < -0.3 is 11.1 Å². The fourth-order valence-electron chi connectivity index (χ4n) is 2.12. The third-order valence-electron chi connectivity index (χ3n) is 3.14. The van der Waals surface area contributed by atoms with Crippen LogP contribution in [-0.4, -0.2) is 17.4 Å². The number of hydrogen-bond donors (Lipinski definition) is 2. The lowest BCUT2D eigenvalue weighted by molar-refractivity contribution is -0.116. The van der Waals surface area contributed by atoms with E-state index in [4.69, 9.17) is 5.73 Å². The highest BCUT2D eigenvalue weighted by Gasteiger charge is 2.05. The van der Waals surface area contributed by atoms with E-state index in [9.17, 15) is 4.79 Å². The number of rotatable bonds is 7. The highest BCUT2D eigenvalue weighted by Crippen LogP contribution is 2.24. The average molecular weight is 291 g/mol. The molecular weight excluding hydrogens is 270 g/mol. The Hall–Kier alpha value is -1.46. The molecule has 2 aromatic rings. The van der Waals surface area contributed by atoms with Crippen molar-refractivity contribution in [3.05, 3.63) is 23.2 Å². The smallest absolute Gasteiger partial charge is 0.224 e. The van der Waals surface area contributed by atoms with Gasteiger partial charge in [-0.1, -0.05) is 12.8 Å². The highest BCUT2D eigenvalue weighted by molar-refractivity contribution is 7.18. The molecule has 0 unspecified atom stereocenters. The number of carbonyl (C=O) groups excluding carboxylic acids is 1. The van der Waals surface area contributed by atoms with Crippen LogP contribution in [0.5, 0.6) is 0 Å². The molecule has 0 bridgehead atoms. The van der Waals surface area contributed by atoms with E-state index in [0.29, 0.717) is 6.42 Å². The van der Waals surface area contributed by atoms with Crippen LogP contribution in [0.1, 0.15) is 37.1 Å². The molecule has 0 atom stereocenters. The molecule has 0 aliphatic rings. The van der Waals surface area contributed by atoms with Crippen molar-refractivity contribution in [1.29, 1.82) is 0 Å². The number of benzene rings is 1. The minimum atomic E-state index is 0.0818. The predicted molar refractivity (Wildman–Crippen MR) is 85.1 cm³/mol. The molecule has 0 radical (unpaired) electrons. The van der Waals surface area contributed by atoms with Gasteiger partial charge in [0.15, 0.2) is 0 Å². The summed E-state index contributed by atoms with van der Waals surface area (Å²) in [7, 11) is 0. The Morgan fingerprint density at radius 3 is 2.90 bits per heavy atom. The van der Waals surface area contributed by atoms with E-state index in [2.05, 4.69) is 10.3 Å². The number of thiazole rings is 1. The van der Waals surface area contributed by atoms with Gasteiger partial charge in [-0.25, -0.2) is 4.98 Å². The summed E-state index contributed by atoms with van der Waals surface area (Å²) in [6.45, 7) is 2.73. The van der Waals surface area contributed by atoms with Gasteiger partial charge >= 0.3 is 0 Å². The number of nitrogens with one attached hydrogen (secondary N) is 1. The minimum Gasteiger partial charge on any atom is -0.330 e. The normalized spacial score (nSPS) is 10.9. The third kappa shape index (κ3) is 4.28. The summed E-state index contributed by atoms with van der Waals surface area (Å²) in [5.74, 6) is 0.0818. The fraction of sp³-hybridized carbons (Fsp3) is 0.467. The van der Waals surface area contributed by atoms with E-state index in [-0.39, 0.29) is 5.91 Å². The Kier molecular flexibility index (Phi) is 5.49. The monoisotopic (exact) mass is 291 g/mol. The Bertz CT molecular complexity index is 580. The van der Waals surface area contributed by atoms with Gasteiger partial charge in [-0.05, 0) is 44.5 Å². The van der Waals surface area contributed by atoms with Crippen molar-refractivity contribution in [3.8, 4) is 0 Å². The molecule has 20 heavy (non-hydrogen) atoms. The molecule has 1 amide bonds. The molecular formula is C15H21N3OS. The van der Waals surface area contributed by atoms with E-state index in [0.717, 1.165) is 53.1 Å². The average Bonchev–Trinajstić information content (AvgIpc) is 2.78. The molecule has 0 fully saturated rings. The van der Waals surface area contributed by atoms with Gasteiger partial charge in [0.05, 0.1) is 15.2 Å². The van der Waals surface area contributed by atoms with Crippen molar-refractivity contribution in [1.82, 2.24) is 4.98 Å².